The zero-order valence-electron chi connectivity index (χ0n) is 22.8. The molecule has 0 radical (unpaired) electrons. The van der Waals surface area contributed by atoms with Crippen LogP contribution < -0.4 is 0 Å². The van der Waals surface area contributed by atoms with Gasteiger partial charge in [0.05, 0.1) is 35.5 Å². The Hall–Kier alpha value is -3.63. The second-order valence-electron chi connectivity index (χ2n) is 10.9. The molecule has 1 saturated heterocycles. The number of rotatable bonds is 6. The van der Waals surface area contributed by atoms with Crippen molar-refractivity contribution in [3.63, 3.8) is 0 Å². The van der Waals surface area contributed by atoms with Crippen molar-refractivity contribution < 1.29 is 44.3 Å². The molecular formula is C32H36O9. The van der Waals surface area contributed by atoms with E-state index in [1.807, 2.05) is 6.07 Å². The Kier molecular flexibility index (Phi) is 9.55. The lowest BCUT2D eigenvalue weighted by atomic mass is 9.81. The molecule has 2 aromatic rings. The van der Waals surface area contributed by atoms with Crippen molar-refractivity contribution in [2.75, 3.05) is 13.2 Å². The number of Topliss-reactive ketones (excluding diaryl/α,β-unsaturated/α-hetero) is 1. The van der Waals surface area contributed by atoms with Gasteiger partial charge in [-0.25, -0.2) is 9.59 Å². The Balaban J connectivity index is 0.000000191. The van der Waals surface area contributed by atoms with Crippen LogP contribution in [0, 0.1) is 0 Å². The van der Waals surface area contributed by atoms with Crippen LogP contribution in [0.4, 0.5) is 0 Å². The molecule has 3 aliphatic rings. The summed E-state index contributed by atoms with van der Waals surface area (Å²) in [6.45, 7) is 1.24. The molecule has 0 unspecified atom stereocenters. The molecule has 0 bridgehead atoms. The van der Waals surface area contributed by atoms with E-state index < -0.39 is 28.9 Å². The van der Waals surface area contributed by atoms with E-state index >= 15 is 0 Å². The van der Waals surface area contributed by atoms with Crippen molar-refractivity contribution in [3.8, 4) is 0 Å². The number of hydrogen-bond donors (Lipinski definition) is 4. The normalized spacial score (nSPS) is 21.1. The van der Waals surface area contributed by atoms with Gasteiger partial charge in [0.15, 0.2) is 5.79 Å². The van der Waals surface area contributed by atoms with Crippen LogP contribution in [0.2, 0.25) is 0 Å². The average Bonchev–Trinajstić information content (AvgIpc) is 3.44. The maximum Gasteiger partial charge on any atom is 0.335 e. The second-order valence-corrected chi connectivity index (χ2v) is 10.9. The van der Waals surface area contributed by atoms with Crippen LogP contribution in [0.5, 0.6) is 0 Å². The molecule has 1 aliphatic heterocycles. The molecule has 0 aromatic heterocycles. The van der Waals surface area contributed by atoms with Gasteiger partial charge in [-0.2, -0.15) is 0 Å². The molecule has 0 amide bonds. The number of ether oxygens (including phenoxy) is 2. The molecule has 2 saturated carbocycles. The number of aliphatic hydroxyl groups is 2. The first-order chi connectivity index (χ1) is 19.5. The molecule has 1 heterocycles. The van der Waals surface area contributed by atoms with Crippen LogP contribution in [0.15, 0.2) is 60.7 Å². The van der Waals surface area contributed by atoms with E-state index in [1.165, 1.54) is 6.07 Å². The van der Waals surface area contributed by atoms with Gasteiger partial charge in [-0.05, 0) is 61.1 Å². The number of carbonyl (C=O) groups excluding carboxylic acids is 1. The number of benzene rings is 2. The maximum absolute atomic E-state index is 11.1. The van der Waals surface area contributed by atoms with Gasteiger partial charge in [-0.15, -0.1) is 0 Å². The molecule has 2 aliphatic carbocycles. The molecule has 9 heteroatoms. The zero-order chi connectivity index (χ0) is 29.5. The highest BCUT2D eigenvalue weighted by molar-refractivity contribution is 5.89. The number of carbonyl (C=O) groups is 3. The highest BCUT2D eigenvalue weighted by Gasteiger charge is 2.44. The Labute approximate surface area is 238 Å². The van der Waals surface area contributed by atoms with Gasteiger partial charge in [0.2, 0.25) is 0 Å². The fourth-order valence-corrected chi connectivity index (χ4v) is 5.20. The number of carboxylic acid groups (broad SMARTS) is 2. The highest BCUT2D eigenvalue weighted by atomic mass is 16.7. The second kappa shape index (κ2) is 12.9. The van der Waals surface area contributed by atoms with Crippen molar-refractivity contribution in [2.45, 2.75) is 68.4 Å². The summed E-state index contributed by atoms with van der Waals surface area (Å²) in [5.74, 6) is -2.24. The van der Waals surface area contributed by atoms with Crippen LogP contribution in [-0.4, -0.2) is 68.4 Å². The Bertz CT molecular complexity index is 1300. The van der Waals surface area contributed by atoms with Crippen LogP contribution in [0.1, 0.15) is 83.2 Å². The predicted octanol–water partition coefficient (Wildman–Crippen LogP) is 4.72. The average molecular weight is 565 g/mol. The van der Waals surface area contributed by atoms with E-state index in [0.717, 1.165) is 11.1 Å². The van der Waals surface area contributed by atoms with Gasteiger partial charge in [-0.1, -0.05) is 48.6 Å². The van der Waals surface area contributed by atoms with Crippen LogP contribution in [0.3, 0.4) is 0 Å². The molecule has 9 nitrogen and oxygen atoms in total. The number of aromatic carboxylic acids is 2. The zero-order valence-corrected chi connectivity index (χ0v) is 22.8. The van der Waals surface area contributed by atoms with Gasteiger partial charge in [0, 0.05) is 25.7 Å². The Morgan fingerprint density at radius 1 is 0.683 bits per heavy atom. The quantitative estimate of drug-likeness (QED) is 0.391. The summed E-state index contributed by atoms with van der Waals surface area (Å²) >= 11 is 0. The van der Waals surface area contributed by atoms with Crippen LogP contribution in [0.25, 0.3) is 12.2 Å². The van der Waals surface area contributed by atoms with Gasteiger partial charge in [-0.3, -0.25) is 4.79 Å². The van der Waals surface area contributed by atoms with E-state index in [1.54, 1.807) is 60.7 Å². The van der Waals surface area contributed by atoms with Crippen molar-refractivity contribution in [1.82, 2.24) is 0 Å². The van der Waals surface area contributed by atoms with E-state index in [0.29, 0.717) is 64.6 Å². The third-order valence-electron chi connectivity index (χ3n) is 7.80. The maximum atomic E-state index is 11.1. The molecule has 4 N–H and O–H groups in total. The van der Waals surface area contributed by atoms with Crippen LogP contribution in [-0.2, 0) is 14.3 Å². The van der Waals surface area contributed by atoms with E-state index in [4.69, 9.17) is 19.7 Å². The summed E-state index contributed by atoms with van der Waals surface area (Å²) in [5.41, 5.74) is 0.108. The lowest BCUT2D eigenvalue weighted by Crippen LogP contribution is -2.42. The van der Waals surface area contributed by atoms with Crippen molar-refractivity contribution in [2.24, 2.45) is 0 Å². The summed E-state index contributed by atoms with van der Waals surface area (Å²) in [6, 6.07) is 13.2. The highest BCUT2D eigenvalue weighted by Crippen LogP contribution is 2.41. The standard InChI is InChI=1S/C17H20O5.C15H16O4/c18-15(19)14-3-1-2-13(12-14)4-5-16(20)6-8-17(9-7-16)21-10-11-22-17;16-13-5-8-15(19,9-6-13)7-4-11-2-1-3-12(10-11)14(17)18/h1-5,12,20H,6-11H2,(H,18,19);1-4,7,10,19H,5-6,8-9H2,(H,17,18)/b5-4+;7-4+. The molecule has 0 atom stereocenters. The largest absolute Gasteiger partial charge is 0.478 e. The molecule has 218 valence electrons. The topological polar surface area (TPSA) is 151 Å². The first-order valence-corrected chi connectivity index (χ1v) is 13.8. The van der Waals surface area contributed by atoms with Crippen molar-refractivity contribution in [3.05, 3.63) is 82.9 Å². The summed E-state index contributed by atoms with van der Waals surface area (Å²) in [4.78, 5) is 33.0. The summed E-state index contributed by atoms with van der Waals surface area (Å²) < 4.78 is 11.3. The minimum Gasteiger partial charge on any atom is -0.478 e. The smallest absolute Gasteiger partial charge is 0.335 e. The van der Waals surface area contributed by atoms with Crippen molar-refractivity contribution in [1.29, 1.82) is 0 Å². The number of ketones is 1. The third kappa shape index (κ3) is 8.43. The van der Waals surface area contributed by atoms with Crippen LogP contribution >= 0.6 is 0 Å². The van der Waals surface area contributed by atoms with Gasteiger partial charge < -0.3 is 29.9 Å². The molecular weight excluding hydrogens is 528 g/mol. The van der Waals surface area contributed by atoms with E-state index in [9.17, 15) is 24.6 Å². The molecule has 41 heavy (non-hydrogen) atoms. The monoisotopic (exact) mass is 564 g/mol. The molecule has 2 aromatic carbocycles. The fourth-order valence-electron chi connectivity index (χ4n) is 5.20. The lowest BCUT2D eigenvalue weighted by molar-refractivity contribution is -0.196. The first kappa shape index (κ1) is 30.3. The first-order valence-electron chi connectivity index (χ1n) is 13.8. The van der Waals surface area contributed by atoms with Crippen molar-refractivity contribution >= 4 is 29.9 Å². The minimum atomic E-state index is -0.975. The summed E-state index contributed by atoms with van der Waals surface area (Å²) in [5, 5.41) is 38.8. The third-order valence-corrected chi connectivity index (χ3v) is 7.80. The number of hydrogen-bond acceptors (Lipinski definition) is 7. The summed E-state index contributed by atoms with van der Waals surface area (Å²) in [7, 11) is 0. The Morgan fingerprint density at radius 2 is 1.12 bits per heavy atom. The SMILES string of the molecule is O=C(O)c1cccc(/C=C/C2(O)CCC3(CC2)OCCO3)c1.O=C1CCC(O)(/C=C/c2cccc(C(=O)O)c2)CC1. The lowest BCUT2D eigenvalue weighted by Gasteiger charge is -2.39. The van der Waals surface area contributed by atoms with E-state index in [2.05, 4.69) is 0 Å². The molecule has 1 spiro atoms. The minimum absolute atomic E-state index is 0.186. The van der Waals surface area contributed by atoms with E-state index in [-0.39, 0.29) is 16.9 Å². The van der Waals surface area contributed by atoms with Gasteiger partial charge in [0.25, 0.3) is 0 Å². The number of carboxylic acids is 2. The predicted molar refractivity (Wildman–Crippen MR) is 151 cm³/mol. The Morgan fingerprint density at radius 3 is 1.56 bits per heavy atom. The van der Waals surface area contributed by atoms with Gasteiger partial charge in [0.1, 0.15) is 5.78 Å². The molecule has 5 rings (SSSR count). The fraction of sp³-hybridized carbons (Fsp3) is 0.406. The summed E-state index contributed by atoms with van der Waals surface area (Å²) in [6.07, 6.45) is 11.1. The van der Waals surface area contributed by atoms with Gasteiger partial charge >= 0.3 is 11.9 Å². The molecule has 3 fully saturated rings.